The number of thiazole rings is 1. The van der Waals surface area contributed by atoms with Crippen LogP contribution in [0, 0.1) is 0 Å². The van der Waals surface area contributed by atoms with E-state index >= 15 is 0 Å². The highest BCUT2D eigenvalue weighted by molar-refractivity contribution is 7.18. The number of rotatable bonds is 7. The molecule has 146 valence electrons. The quantitative estimate of drug-likeness (QED) is 0.531. The number of aromatic nitrogens is 1. The third-order valence-corrected chi connectivity index (χ3v) is 6.98. The van der Waals surface area contributed by atoms with Crippen molar-refractivity contribution in [3.05, 3.63) is 51.7 Å². The summed E-state index contributed by atoms with van der Waals surface area (Å²) in [5, 5.41) is 3.06. The molecule has 4 rings (SSSR count). The van der Waals surface area contributed by atoms with Crippen LogP contribution in [0.2, 0.25) is 0 Å². The van der Waals surface area contributed by atoms with E-state index in [0.717, 1.165) is 41.0 Å². The van der Waals surface area contributed by atoms with E-state index < -0.39 is 0 Å². The highest BCUT2D eigenvalue weighted by atomic mass is 32.1. The highest BCUT2D eigenvalue weighted by Crippen LogP contribution is 2.34. The number of benzene rings is 1. The molecule has 0 radical (unpaired) electrons. The minimum absolute atomic E-state index is 0.101. The number of esters is 1. The lowest BCUT2D eigenvalue weighted by atomic mass is 10.2. The van der Waals surface area contributed by atoms with Crippen molar-refractivity contribution < 1.29 is 14.3 Å². The second-order valence-corrected chi connectivity index (χ2v) is 8.94. The summed E-state index contributed by atoms with van der Waals surface area (Å²) in [5.74, 6) is -0.420. The van der Waals surface area contributed by atoms with E-state index in [9.17, 15) is 9.59 Å². The topological polar surface area (TPSA) is 59.5 Å². The van der Waals surface area contributed by atoms with Crippen LogP contribution in [0.3, 0.4) is 0 Å². The van der Waals surface area contributed by atoms with Crippen LogP contribution in [0.4, 0.5) is 0 Å². The van der Waals surface area contributed by atoms with Gasteiger partial charge in [0.1, 0.15) is 0 Å². The predicted octanol–water partition coefficient (Wildman–Crippen LogP) is 4.59. The summed E-state index contributed by atoms with van der Waals surface area (Å²) < 4.78 is 6.40. The van der Waals surface area contributed by atoms with E-state index in [1.165, 1.54) is 4.88 Å². The molecule has 5 nitrogen and oxygen atoms in total. The maximum absolute atomic E-state index is 12.5. The summed E-state index contributed by atoms with van der Waals surface area (Å²) in [4.78, 5) is 32.1. The highest BCUT2D eigenvalue weighted by Gasteiger charge is 2.30. The van der Waals surface area contributed by atoms with Crippen molar-refractivity contribution >= 4 is 44.8 Å². The summed E-state index contributed by atoms with van der Waals surface area (Å²) in [6.07, 6.45) is 3.69. The second-order valence-electron chi connectivity index (χ2n) is 6.85. The molecular weight excluding hydrogens is 392 g/mol. The molecule has 0 spiro atoms. The Morgan fingerprint density at radius 1 is 1.21 bits per heavy atom. The molecule has 2 aromatic heterocycles. The fourth-order valence-corrected chi connectivity index (χ4v) is 5.43. The van der Waals surface area contributed by atoms with Gasteiger partial charge in [0.25, 0.3) is 5.91 Å². The van der Waals surface area contributed by atoms with Gasteiger partial charge in [0.15, 0.2) is 6.61 Å². The lowest BCUT2D eigenvalue weighted by Crippen LogP contribution is -2.34. The van der Waals surface area contributed by atoms with E-state index in [-0.39, 0.29) is 24.5 Å². The molecule has 1 aliphatic rings. The number of carbonyl (C=O) groups is 2. The van der Waals surface area contributed by atoms with Gasteiger partial charge in [0, 0.05) is 17.8 Å². The molecule has 0 aliphatic carbocycles. The Hall–Kier alpha value is -2.25. The van der Waals surface area contributed by atoms with Gasteiger partial charge in [0.05, 0.1) is 21.3 Å². The molecule has 3 heterocycles. The molecule has 0 saturated carbocycles. The lowest BCUT2D eigenvalue weighted by molar-refractivity contribution is -0.152. The number of fused-ring (bicyclic) bond motifs is 1. The van der Waals surface area contributed by atoms with Gasteiger partial charge >= 0.3 is 5.97 Å². The number of para-hydroxylation sites is 1. The van der Waals surface area contributed by atoms with Crippen LogP contribution >= 0.6 is 22.7 Å². The van der Waals surface area contributed by atoms with E-state index in [4.69, 9.17) is 4.74 Å². The molecule has 1 amide bonds. The molecular formula is C21H22N2O3S2. The lowest BCUT2D eigenvalue weighted by Gasteiger charge is -2.23. The number of aryl methyl sites for hydroxylation is 1. The zero-order valence-corrected chi connectivity index (χ0v) is 17.1. The number of nitrogens with zero attached hydrogens (tertiary/aromatic N) is 2. The van der Waals surface area contributed by atoms with Gasteiger partial charge in [-0.2, -0.15) is 0 Å². The predicted molar refractivity (Wildman–Crippen MR) is 112 cm³/mol. The van der Waals surface area contributed by atoms with E-state index in [2.05, 4.69) is 17.1 Å². The van der Waals surface area contributed by atoms with Gasteiger partial charge in [-0.15, -0.1) is 22.7 Å². The van der Waals surface area contributed by atoms with Gasteiger partial charge in [-0.3, -0.25) is 9.59 Å². The van der Waals surface area contributed by atoms with Gasteiger partial charge in [0.2, 0.25) is 0 Å². The molecule has 1 fully saturated rings. The fraction of sp³-hybridized carbons (Fsp3) is 0.381. The Balaban J connectivity index is 1.21. The number of amides is 1. The standard InChI is InChI=1S/C21H22N2O3S2/c24-20(23-12-4-7-16(23)18-9-5-13-27-18)14-26-21(25)11-3-10-19-22-15-6-1-2-8-17(15)28-19/h1-2,5-6,8-9,13,16H,3-4,7,10-12,14H2. The second kappa shape index (κ2) is 8.84. The Labute approximate surface area is 172 Å². The average Bonchev–Trinajstić information content (AvgIpc) is 3.45. The van der Waals surface area contributed by atoms with Crippen LogP contribution in [-0.4, -0.2) is 34.9 Å². The Morgan fingerprint density at radius 3 is 2.93 bits per heavy atom. The van der Waals surface area contributed by atoms with Crippen molar-refractivity contribution in [2.45, 2.75) is 38.1 Å². The van der Waals surface area contributed by atoms with Crippen molar-refractivity contribution in [2.75, 3.05) is 13.2 Å². The summed E-state index contributed by atoms with van der Waals surface area (Å²) >= 11 is 3.33. The van der Waals surface area contributed by atoms with Crippen molar-refractivity contribution in [1.82, 2.24) is 9.88 Å². The van der Waals surface area contributed by atoms with Crippen LogP contribution in [0.5, 0.6) is 0 Å². The zero-order chi connectivity index (χ0) is 19.3. The number of hydrogen-bond donors (Lipinski definition) is 0. The maximum Gasteiger partial charge on any atom is 0.306 e. The van der Waals surface area contributed by atoms with Crippen molar-refractivity contribution in [3.8, 4) is 0 Å². The summed E-state index contributed by atoms with van der Waals surface area (Å²) in [6.45, 7) is 0.568. The Morgan fingerprint density at radius 2 is 2.11 bits per heavy atom. The van der Waals surface area contributed by atoms with E-state index in [0.29, 0.717) is 12.8 Å². The van der Waals surface area contributed by atoms with Crippen molar-refractivity contribution in [3.63, 3.8) is 0 Å². The molecule has 0 bridgehead atoms. The first kappa shape index (κ1) is 19.1. The normalized spacial score (nSPS) is 16.6. The third-order valence-electron chi connectivity index (χ3n) is 4.91. The number of hydrogen-bond acceptors (Lipinski definition) is 6. The maximum atomic E-state index is 12.5. The third kappa shape index (κ3) is 4.42. The van der Waals surface area contributed by atoms with E-state index in [1.54, 1.807) is 22.7 Å². The van der Waals surface area contributed by atoms with Gasteiger partial charge in [-0.1, -0.05) is 18.2 Å². The Bertz CT molecular complexity index is 919. The molecule has 3 aromatic rings. The van der Waals surface area contributed by atoms with Crippen LogP contribution in [-0.2, 0) is 20.7 Å². The van der Waals surface area contributed by atoms with Gasteiger partial charge < -0.3 is 9.64 Å². The zero-order valence-electron chi connectivity index (χ0n) is 15.5. The molecule has 0 N–H and O–H groups in total. The molecule has 7 heteroatoms. The molecule has 28 heavy (non-hydrogen) atoms. The van der Waals surface area contributed by atoms with Crippen LogP contribution in [0.25, 0.3) is 10.2 Å². The first-order valence-electron chi connectivity index (χ1n) is 9.53. The minimum Gasteiger partial charge on any atom is -0.456 e. The van der Waals surface area contributed by atoms with Gasteiger partial charge in [-0.05, 0) is 49.3 Å². The average molecular weight is 415 g/mol. The van der Waals surface area contributed by atoms with E-state index in [1.807, 2.05) is 34.5 Å². The Kier molecular flexibility index (Phi) is 6.02. The smallest absolute Gasteiger partial charge is 0.306 e. The van der Waals surface area contributed by atoms with Crippen LogP contribution in [0.15, 0.2) is 41.8 Å². The molecule has 1 aliphatic heterocycles. The number of thiophene rings is 1. The number of carbonyl (C=O) groups excluding carboxylic acids is 2. The molecule has 1 aromatic carbocycles. The summed E-state index contributed by atoms with van der Waals surface area (Å²) in [5.41, 5.74) is 1.00. The first-order valence-corrected chi connectivity index (χ1v) is 11.2. The fourth-order valence-electron chi connectivity index (χ4n) is 3.55. The largest absolute Gasteiger partial charge is 0.456 e. The van der Waals surface area contributed by atoms with Crippen LogP contribution in [0.1, 0.15) is 41.6 Å². The minimum atomic E-state index is -0.318. The first-order chi connectivity index (χ1) is 13.7. The van der Waals surface area contributed by atoms with Crippen molar-refractivity contribution in [2.24, 2.45) is 0 Å². The molecule has 1 atom stereocenters. The monoisotopic (exact) mass is 414 g/mol. The van der Waals surface area contributed by atoms with Gasteiger partial charge in [-0.25, -0.2) is 4.98 Å². The van der Waals surface area contributed by atoms with Crippen LogP contribution < -0.4 is 0 Å². The number of ether oxygens (including phenoxy) is 1. The number of likely N-dealkylation sites (tertiary alicyclic amines) is 1. The summed E-state index contributed by atoms with van der Waals surface area (Å²) in [7, 11) is 0. The molecule has 1 saturated heterocycles. The SMILES string of the molecule is O=C(CCCc1nc2ccccc2s1)OCC(=O)N1CCCC1c1cccs1. The summed E-state index contributed by atoms with van der Waals surface area (Å²) in [6, 6.07) is 12.2. The molecule has 1 unspecified atom stereocenters. The van der Waals surface area contributed by atoms with Crippen molar-refractivity contribution in [1.29, 1.82) is 0 Å².